The van der Waals surface area contributed by atoms with Gasteiger partial charge >= 0.3 is 0 Å². The van der Waals surface area contributed by atoms with Crippen molar-refractivity contribution in [2.75, 3.05) is 0 Å². The third-order valence-electron chi connectivity index (χ3n) is 3.13. The number of unbranched alkanes of at least 4 members (excludes halogenated alkanes) is 1. The standard InChI is InChI=1S/C11H19ClO/c1-2-3-4-9-5-7-10(8-6-9)11(12)13/h9-10H,2-8H2,1H3/t9-,10-. The fraction of sp³-hybridized carbons (Fsp3) is 0.909. The molecule has 0 atom stereocenters. The highest BCUT2D eigenvalue weighted by atomic mass is 35.5. The molecule has 0 bridgehead atoms. The molecule has 0 N–H and O–H groups in total. The molecule has 0 saturated heterocycles. The van der Waals surface area contributed by atoms with Crippen LogP contribution < -0.4 is 0 Å². The third-order valence-corrected chi connectivity index (χ3v) is 3.44. The Morgan fingerprint density at radius 3 is 2.38 bits per heavy atom. The second-order valence-corrected chi connectivity index (χ2v) is 4.54. The zero-order chi connectivity index (χ0) is 9.68. The fourth-order valence-electron chi connectivity index (χ4n) is 2.17. The lowest BCUT2D eigenvalue weighted by Gasteiger charge is -2.26. The third kappa shape index (κ3) is 3.68. The largest absolute Gasteiger partial charge is 0.281 e. The average molecular weight is 203 g/mol. The van der Waals surface area contributed by atoms with Gasteiger partial charge in [0, 0.05) is 5.92 Å². The van der Waals surface area contributed by atoms with Gasteiger partial charge in [-0.3, -0.25) is 4.79 Å². The smallest absolute Gasteiger partial charge is 0.224 e. The van der Waals surface area contributed by atoms with Crippen molar-refractivity contribution in [1.29, 1.82) is 0 Å². The van der Waals surface area contributed by atoms with E-state index in [0.717, 1.165) is 18.8 Å². The lowest BCUT2D eigenvalue weighted by molar-refractivity contribution is -0.116. The van der Waals surface area contributed by atoms with Crippen LogP contribution in [-0.2, 0) is 4.79 Å². The number of carbonyl (C=O) groups excluding carboxylic acids is 1. The Bertz CT molecular complexity index is 159. The normalized spacial score (nSPS) is 28.8. The molecular weight excluding hydrogens is 184 g/mol. The van der Waals surface area contributed by atoms with Crippen LogP contribution in [0.5, 0.6) is 0 Å². The highest BCUT2D eigenvalue weighted by Gasteiger charge is 2.24. The molecule has 2 heteroatoms. The monoisotopic (exact) mass is 202 g/mol. The molecule has 1 aliphatic carbocycles. The van der Waals surface area contributed by atoms with Crippen molar-refractivity contribution in [3.8, 4) is 0 Å². The van der Waals surface area contributed by atoms with Crippen molar-refractivity contribution in [3.05, 3.63) is 0 Å². The van der Waals surface area contributed by atoms with Crippen LogP contribution in [0.3, 0.4) is 0 Å². The van der Waals surface area contributed by atoms with Crippen molar-refractivity contribution in [2.45, 2.75) is 51.9 Å². The van der Waals surface area contributed by atoms with E-state index >= 15 is 0 Å². The van der Waals surface area contributed by atoms with Gasteiger partial charge in [-0.1, -0.05) is 26.2 Å². The van der Waals surface area contributed by atoms with Crippen LogP contribution in [0.15, 0.2) is 0 Å². The zero-order valence-corrected chi connectivity index (χ0v) is 9.15. The number of halogens is 1. The summed E-state index contributed by atoms with van der Waals surface area (Å²) in [5.41, 5.74) is 0. The molecule has 0 radical (unpaired) electrons. The van der Waals surface area contributed by atoms with E-state index in [1.54, 1.807) is 0 Å². The van der Waals surface area contributed by atoms with E-state index in [-0.39, 0.29) is 11.2 Å². The summed E-state index contributed by atoms with van der Waals surface area (Å²) in [6.45, 7) is 2.23. The van der Waals surface area contributed by atoms with E-state index in [9.17, 15) is 4.79 Å². The van der Waals surface area contributed by atoms with Crippen LogP contribution in [0.25, 0.3) is 0 Å². The summed E-state index contributed by atoms with van der Waals surface area (Å²) >= 11 is 5.47. The summed E-state index contributed by atoms with van der Waals surface area (Å²) in [6, 6.07) is 0. The van der Waals surface area contributed by atoms with Crippen LogP contribution in [0.4, 0.5) is 0 Å². The van der Waals surface area contributed by atoms with Gasteiger partial charge in [0.15, 0.2) is 0 Å². The summed E-state index contributed by atoms with van der Waals surface area (Å²) in [5, 5.41) is -0.117. The Balaban J connectivity index is 2.18. The van der Waals surface area contributed by atoms with Gasteiger partial charge in [-0.25, -0.2) is 0 Å². The number of rotatable bonds is 4. The lowest BCUT2D eigenvalue weighted by Crippen LogP contribution is -2.18. The first kappa shape index (κ1) is 11.0. The molecule has 1 nitrogen and oxygen atoms in total. The number of carbonyl (C=O) groups is 1. The first-order chi connectivity index (χ1) is 6.24. The predicted octanol–water partition coefficient (Wildman–Crippen LogP) is 3.75. The van der Waals surface area contributed by atoms with Gasteiger partial charge in [-0.15, -0.1) is 0 Å². The van der Waals surface area contributed by atoms with Crippen LogP contribution in [0.2, 0.25) is 0 Å². The number of hydrogen-bond donors (Lipinski definition) is 0. The van der Waals surface area contributed by atoms with E-state index in [2.05, 4.69) is 6.92 Å². The van der Waals surface area contributed by atoms with Crippen molar-refractivity contribution in [2.24, 2.45) is 11.8 Å². The molecule has 1 saturated carbocycles. The molecule has 0 aliphatic heterocycles. The Hall–Kier alpha value is -0.0400. The van der Waals surface area contributed by atoms with E-state index in [1.165, 1.54) is 32.1 Å². The zero-order valence-electron chi connectivity index (χ0n) is 8.39. The van der Waals surface area contributed by atoms with Crippen LogP contribution >= 0.6 is 11.6 Å². The summed E-state index contributed by atoms with van der Waals surface area (Å²) in [7, 11) is 0. The van der Waals surface area contributed by atoms with Gasteiger partial charge in [-0.2, -0.15) is 0 Å². The summed E-state index contributed by atoms with van der Waals surface area (Å²) < 4.78 is 0. The molecule has 1 aliphatic rings. The molecule has 0 heterocycles. The Morgan fingerprint density at radius 1 is 1.31 bits per heavy atom. The van der Waals surface area contributed by atoms with Gasteiger partial charge in [0.05, 0.1) is 0 Å². The summed E-state index contributed by atoms with van der Waals surface area (Å²) in [4.78, 5) is 10.9. The van der Waals surface area contributed by atoms with Gasteiger partial charge in [-0.05, 0) is 43.2 Å². The highest BCUT2D eigenvalue weighted by molar-refractivity contribution is 6.63. The SMILES string of the molecule is CCCC[C@H]1CC[C@H](C(=O)Cl)CC1. The summed E-state index contributed by atoms with van der Waals surface area (Å²) in [5.74, 6) is 1.03. The molecule has 0 amide bonds. The first-order valence-corrected chi connectivity index (χ1v) is 5.81. The molecule has 76 valence electrons. The molecule has 0 aromatic rings. The average Bonchev–Trinajstić information content (AvgIpc) is 2.15. The minimum absolute atomic E-state index is 0.117. The molecular formula is C11H19ClO. The maximum Gasteiger partial charge on any atom is 0.224 e. The molecule has 1 rings (SSSR count). The Labute approximate surface area is 85.8 Å². The van der Waals surface area contributed by atoms with Crippen molar-refractivity contribution < 1.29 is 4.79 Å². The van der Waals surface area contributed by atoms with E-state index in [1.807, 2.05) is 0 Å². The van der Waals surface area contributed by atoms with Crippen LogP contribution in [0.1, 0.15) is 51.9 Å². The maximum atomic E-state index is 10.9. The quantitative estimate of drug-likeness (QED) is 0.635. The highest BCUT2D eigenvalue weighted by Crippen LogP contribution is 2.32. The van der Waals surface area contributed by atoms with E-state index in [4.69, 9.17) is 11.6 Å². The molecule has 0 unspecified atom stereocenters. The second kappa shape index (κ2) is 5.64. The summed E-state index contributed by atoms with van der Waals surface area (Å²) in [6.07, 6.45) is 8.44. The van der Waals surface area contributed by atoms with Crippen molar-refractivity contribution in [1.82, 2.24) is 0 Å². The van der Waals surface area contributed by atoms with E-state index < -0.39 is 0 Å². The number of hydrogen-bond acceptors (Lipinski definition) is 1. The van der Waals surface area contributed by atoms with E-state index in [0.29, 0.717) is 0 Å². The maximum absolute atomic E-state index is 10.9. The van der Waals surface area contributed by atoms with Gasteiger partial charge in [0.25, 0.3) is 0 Å². The minimum atomic E-state index is -0.117. The van der Waals surface area contributed by atoms with Crippen LogP contribution in [0, 0.1) is 11.8 Å². The van der Waals surface area contributed by atoms with Gasteiger partial charge in [0.1, 0.15) is 0 Å². The fourth-order valence-corrected chi connectivity index (χ4v) is 2.39. The van der Waals surface area contributed by atoms with Gasteiger partial charge < -0.3 is 0 Å². The second-order valence-electron chi connectivity index (χ2n) is 4.16. The minimum Gasteiger partial charge on any atom is -0.281 e. The predicted molar refractivity (Wildman–Crippen MR) is 55.8 cm³/mol. The van der Waals surface area contributed by atoms with Crippen molar-refractivity contribution >= 4 is 16.8 Å². The van der Waals surface area contributed by atoms with Crippen molar-refractivity contribution in [3.63, 3.8) is 0 Å². The first-order valence-electron chi connectivity index (χ1n) is 5.43. The Kier molecular flexibility index (Phi) is 4.79. The lowest BCUT2D eigenvalue weighted by atomic mass is 9.80. The molecule has 0 spiro atoms. The molecule has 1 fully saturated rings. The topological polar surface area (TPSA) is 17.1 Å². The molecule has 0 aromatic carbocycles. The molecule has 0 aromatic heterocycles. The van der Waals surface area contributed by atoms with Gasteiger partial charge in [0.2, 0.25) is 5.24 Å². The Morgan fingerprint density at radius 2 is 1.92 bits per heavy atom. The van der Waals surface area contributed by atoms with Crippen LogP contribution in [-0.4, -0.2) is 5.24 Å². The molecule has 13 heavy (non-hydrogen) atoms.